The Morgan fingerprint density at radius 3 is 2.64 bits per heavy atom. The Kier molecular flexibility index (Phi) is 2.90. The monoisotopic (exact) mass is 326 g/mol. The zero-order valence-corrected chi connectivity index (χ0v) is 13.5. The summed E-state index contributed by atoms with van der Waals surface area (Å²) in [6, 6.07) is 12.0. The highest BCUT2D eigenvalue weighted by atomic mass is 15.3. The summed E-state index contributed by atoms with van der Waals surface area (Å²) >= 11 is 0. The van der Waals surface area contributed by atoms with Crippen molar-refractivity contribution in [3.05, 3.63) is 66.9 Å². The van der Waals surface area contributed by atoms with Gasteiger partial charge in [0.25, 0.3) is 0 Å². The molecule has 0 bridgehead atoms. The van der Waals surface area contributed by atoms with Crippen LogP contribution < -0.4 is 0 Å². The third-order valence-electron chi connectivity index (χ3n) is 4.27. The van der Waals surface area contributed by atoms with E-state index in [1.165, 1.54) is 0 Å². The van der Waals surface area contributed by atoms with Gasteiger partial charge in [-0.2, -0.15) is 5.10 Å². The third kappa shape index (κ3) is 2.19. The zero-order chi connectivity index (χ0) is 16.8. The highest BCUT2D eigenvalue weighted by Crippen LogP contribution is 2.33. The Balaban J connectivity index is 1.84. The van der Waals surface area contributed by atoms with E-state index in [2.05, 4.69) is 31.1 Å². The fraction of sp³-hybridized carbons (Fsp3) is 0.0526. The first-order valence-corrected chi connectivity index (χ1v) is 8.00. The van der Waals surface area contributed by atoms with E-state index < -0.39 is 0 Å². The molecule has 0 unspecified atom stereocenters. The van der Waals surface area contributed by atoms with Crippen molar-refractivity contribution in [1.82, 2.24) is 29.7 Å². The first-order valence-electron chi connectivity index (χ1n) is 8.00. The van der Waals surface area contributed by atoms with Crippen molar-refractivity contribution in [2.24, 2.45) is 0 Å². The van der Waals surface area contributed by atoms with Gasteiger partial charge in [-0.15, -0.1) is 0 Å². The molecule has 0 fully saturated rings. The molecule has 0 atom stereocenters. The number of hydrogen-bond donors (Lipinski definition) is 1. The maximum absolute atomic E-state index is 4.67. The van der Waals surface area contributed by atoms with Gasteiger partial charge in [0.2, 0.25) is 0 Å². The minimum absolute atomic E-state index is 0.696. The standard InChI is InChI=1S/C19H14N6/c1-12-6-9-25(24-12)17-10-15(13-4-2-8-21-19(13)23-17)16-11-22-18-14(16)5-3-7-20-18/h2-11H,1H3,(H,20,22). The molecule has 0 aliphatic rings. The Labute approximate surface area is 143 Å². The highest BCUT2D eigenvalue weighted by molar-refractivity contribution is 6.02. The molecular weight excluding hydrogens is 312 g/mol. The molecule has 0 aliphatic heterocycles. The predicted molar refractivity (Wildman–Crippen MR) is 96.5 cm³/mol. The zero-order valence-electron chi connectivity index (χ0n) is 13.5. The molecule has 1 N–H and O–H groups in total. The van der Waals surface area contributed by atoms with Gasteiger partial charge in [-0.3, -0.25) is 0 Å². The number of H-pyrrole nitrogens is 1. The summed E-state index contributed by atoms with van der Waals surface area (Å²) in [5, 5.41) is 6.55. The van der Waals surface area contributed by atoms with E-state index in [-0.39, 0.29) is 0 Å². The van der Waals surface area contributed by atoms with Gasteiger partial charge in [-0.25, -0.2) is 19.6 Å². The van der Waals surface area contributed by atoms with E-state index in [1.54, 1.807) is 17.1 Å². The SMILES string of the molecule is Cc1ccn(-c2cc(-c3c[nH]c4ncccc34)c3cccnc3n2)n1. The lowest BCUT2D eigenvalue weighted by atomic mass is 10.0. The van der Waals surface area contributed by atoms with Crippen molar-refractivity contribution in [1.29, 1.82) is 0 Å². The molecule has 0 amide bonds. The van der Waals surface area contributed by atoms with Gasteiger partial charge in [0.15, 0.2) is 11.5 Å². The molecule has 5 aromatic rings. The number of nitrogens with zero attached hydrogens (tertiary/aromatic N) is 5. The van der Waals surface area contributed by atoms with Crippen LogP contribution in [-0.4, -0.2) is 29.7 Å². The van der Waals surface area contributed by atoms with Crippen molar-refractivity contribution in [3.63, 3.8) is 0 Å². The maximum Gasteiger partial charge on any atom is 0.162 e. The molecule has 0 aliphatic carbocycles. The van der Waals surface area contributed by atoms with Gasteiger partial charge in [-0.05, 0) is 48.9 Å². The van der Waals surface area contributed by atoms with E-state index >= 15 is 0 Å². The summed E-state index contributed by atoms with van der Waals surface area (Å²) in [6.45, 7) is 1.96. The largest absolute Gasteiger partial charge is 0.346 e. The molecule has 6 heteroatoms. The fourth-order valence-corrected chi connectivity index (χ4v) is 3.11. The van der Waals surface area contributed by atoms with Crippen LogP contribution in [-0.2, 0) is 0 Å². The summed E-state index contributed by atoms with van der Waals surface area (Å²) in [5.41, 5.74) is 4.64. The van der Waals surface area contributed by atoms with Crippen LogP contribution in [0.4, 0.5) is 0 Å². The molecule has 6 nitrogen and oxygen atoms in total. The number of hydrogen-bond acceptors (Lipinski definition) is 4. The Morgan fingerprint density at radius 2 is 1.80 bits per heavy atom. The van der Waals surface area contributed by atoms with Gasteiger partial charge in [0.1, 0.15) is 5.65 Å². The summed E-state index contributed by atoms with van der Waals surface area (Å²) in [6.07, 6.45) is 7.44. The van der Waals surface area contributed by atoms with Crippen LogP contribution in [0, 0.1) is 6.92 Å². The van der Waals surface area contributed by atoms with Crippen LogP contribution in [0.2, 0.25) is 0 Å². The molecule has 120 valence electrons. The lowest BCUT2D eigenvalue weighted by molar-refractivity contribution is 0.836. The molecule has 25 heavy (non-hydrogen) atoms. The molecule has 5 aromatic heterocycles. The Hall–Kier alpha value is -3.54. The predicted octanol–water partition coefficient (Wildman–Crippen LogP) is 3.67. The molecule has 0 aromatic carbocycles. The number of fused-ring (bicyclic) bond motifs is 2. The quantitative estimate of drug-likeness (QED) is 0.537. The van der Waals surface area contributed by atoms with Crippen LogP contribution in [0.5, 0.6) is 0 Å². The maximum atomic E-state index is 4.67. The number of aromatic nitrogens is 6. The minimum Gasteiger partial charge on any atom is -0.346 e. The number of nitrogens with one attached hydrogen (secondary N) is 1. The normalized spacial score (nSPS) is 11.4. The van der Waals surface area contributed by atoms with Crippen LogP contribution in [0.1, 0.15) is 5.69 Å². The third-order valence-corrected chi connectivity index (χ3v) is 4.27. The molecule has 0 radical (unpaired) electrons. The lowest BCUT2D eigenvalue weighted by Gasteiger charge is -2.08. The van der Waals surface area contributed by atoms with Crippen molar-refractivity contribution in [2.45, 2.75) is 6.92 Å². The van der Waals surface area contributed by atoms with Crippen LogP contribution >= 0.6 is 0 Å². The average molecular weight is 326 g/mol. The summed E-state index contributed by atoms with van der Waals surface area (Å²) < 4.78 is 1.78. The lowest BCUT2D eigenvalue weighted by Crippen LogP contribution is -2.00. The van der Waals surface area contributed by atoms with Crippen molar-refractivity contribution in [3.8, 4) is 16.9 Å². The van der Waals surface area contributed by atoms with E-state index in [4.69, 9.17) is 0 Å². The molecule has 0 spiro atoms. The average Bonchev–Trinajstić information content (AvgIpc) is 3.27. The second-order valence-electron chi connectivity index (χ2n) is 5.91. The van der Waals surface area contributed by atoms with E-state index in [9.17, 15) is 0 Å². The van der Waals surface area contributed by atoms with E-state index in [0.717, 1.165) is 39.1 Å². The Morgan fingerprint density at radius 1 is 0.960 bits per heavy atom. The summed E-state index contributed by atoms with van der Waals surface area (Å²) in [7, 11) is 0. The van der Waals surface area contributed by atoms with Gasteiger partial charge >= 0.3 is 0 Å². The first-order chi connectivity index (χ1) is 12.3. The number of aryl methyl sites for hydroxylation is 1. The van der Waals surface area contributed by atoms with Gasteiger partial charge in [0, 0.05) is 41.1 Å². The molecule has 5 heterocycles. The molecule has 5 rings (SSSR count). The molecular formula is C19H14N6. The van der Waals surface area contributed by atoms with E-state index in [1.807, 2.05) is 49.6 Å². The smallest absolute Gasteiger partial charge is 0.162 e. The topological polar surface area (TPSA) is 72.3 Å². The van der Waals surface area contributed by atoms with Gasteiger partial charge in [-0.1, -0.05) is 0 Å². The summed E-state index contributed by atoms with van der Waals surface area (Å²) in [5.74, 6) is 0.743. The second-order valence-corrected chi connectivity index (χ2v) is 5.91. The van der Waals surface area contributed by atoms with Gasteiger partial charge in [0.05, 0.1) is 5.69 Å². The van der Waals surface area contributed by atoms with Crippen molar-refractivity contribution in [2.75, 3.05) is 0 Å². The minimum atomic E-state index is 0.696. The van der Waals surface area contributed by atoms with Crippen LogP contribution in [0.15, 0.2) is 61.2 Å². The first kappa shape index (κ1) is 13.9. The Bertz CT molecular complexity index is 1220. The van der Waals surface area contributed by atoms with Crippen molar-refractivity contribution < 1.29 is 0 Å². The van der Waals surface area contributed by atoms with E-state index in [0.29, 0.717) is 5.65 Å². The van der Waals surface area contributed by atoms with Crippen molar-refractivity contribution >= 4 is 22.1 Å². The molecule has 0 saturated carbocycles. The second kappa shape index (κ2) is 5.24. The summed E-state index contributed by atoms with van der Waals surface area (Å²) in [4.78, 5) is 16.7. The number of aromatic amines is 1. The van der Waals surface area contributed by atoms with Crippen LogP contribution in [0.25, 0.3) is 39.0 Å². The van der Waals surface area contributed by atoms with Crippen LogP contribution in [0.3, 0.4) is 0 Å². The van der Waals surface area contributed by atoms with Gasteiger partial charge < -0.3 is 4.98 Å². The molecule has 0 saturated heterocycles. The fourth-order valence-electron chi connectivity index (χ4n) is 3.11. The number of rotatable bonds is 2. The number of pyridine rings is 3. The highest BCUT2D eigenvalue weighted by Gasteiger charge is 2.14.